The Hall–Kier alpha value is -0.760. The molecule has 0 bridgehead atoms. The fourth-order valence-electron chi connectivity index (χ4n) is 0.770. The van der Waals surface area contributed by atoms with Gasteiger partial charge in [-0.1, -0.05) is 0 Å². The van der Waals surface area contributed by atoms with Gasteiger partial charge in [0, 0.05) is 12.1 Å². The molecule has 1 heterocycles. The number of pyridine rings is 1. The van der Waals surface area contributed by atoms with Gasteiger partial charge in [-0.15, -0.1) is 11.8 Å². The first-order chi connectivity index (χ1) is 5.33. The maximum absolute atomic E-state index is 2.10. The van der Waals surface area contributed by atoms with Crippen molar-refractivity contribution >= 4 is 17.8 Å². The standard InChI is InChI=1S/C9H12NS/c1-10-6-3-9(4-7-10)5-8-11-2/h3-8H,1-2H3/q+1/b8-5+. The predicted octanol–water partition coefficient (Wildman–Crippen LogP) is 1.84. The highest BCUT2D eigenvalue weighted by molar-refractivity contribution is 8.01. The summed E-state index contributed by atoms with van der Waals surface area (Å²) >= 11 is 1.71. The Morgan fingerprint density at radius 2 is 2.00 bits per heavy atom. The van der Waals surface area contributed by atoms with Crippen molar-refractivity contribution in [1.82, 2.24) is 0 Å². The Bertz CT molecular complexity index is 238. The smallest absolute Gasteiger partial charge is 0.169 e. The molecule has 0 fully saturated rings. The van der Waals surface area contributed by atoms with Gasteiger partial charge in [-0.25, -0.2) is 4.57 Å². The van der Waals surface area contributed by atoms with E-state index in [9.17, 15) is 0 Å². The number of aromatic nitrogens is 1. The van der Waals surface area contributed by atoms with Crippen LogP contribution in [0.1, 0.15) is 5.56 Å². The minimum absolute atomic E-state index is 1.25. The first kappa shape index (κ1) is 8.34. The van der Waals surface area contributed by atoms with Crippen molar-refractivity contribution in [3.63, 3.8) is 0 Å². The molecular formula is C9H12NS+. The van der Waals surface area contributed by atoms with E-state index in [4.69, 9.17) is 0 Å². The second-order valence-corrected chi connectivity index (χ2v) is 3.08. The topological polar surface area (TPSA) is 3.88 Å². The number of nitrogens with zero attached hydrogens (tertiary/aromatic N) is 1. The third-order valence-electron chi connectivity index (χ3n) is 1.40. The van der Waals surface area contributed by atoms with Gasteiger partial charge in [0.05, 0.1) is 0 Å². The minimum atomic E-state index is 1.25. The van der Waals surface area contributed by atoms with Crippen LogP contribution in [0.4, 0.5) is 0 Å². The third-order valence-corrected chi connectivity index (χ3v) is 1.81. The van der Waals surface area contributed by atoms with Gasteiger partial charge in [-0.05, 0) is 23.3 Å². The summed E-state index contributed by atoms with van der Waals surface area (Å²) in [6, 6.07) is 4.18. The van der Waals surface area contributed by atoms with Crippen LogP contribution in [-0.2, 0) is 7.05 Å². The molecule has 1 nitrogen and oxygen atoms in total. The molecule has 2 heteroatoms. The van der Waals surface area contributed by atoms with Gasteiger partial charge in [0.25, 0.3) is 0 Å². The molecule has 0 amide bonds. The van der Waals surface area contributed by atoms with Crippen LogP contribution < -0.4 is 4.57 Å². The molecule has 0 atom stereocenters. The van der Waals surface area contributed by atoms with Crippen molar-refractivity contribution in [1.29, 1.82) is 0 Å². The fraction of sp³-hybridized carbons (Fsp3) is 0.222. The number of aryl methyl sites for hydroxylation is 1. The van der Waals surface area contributed by atoms with E-state index < -0.39 is 0 Å². The van der Waals surface area contributed by atoms with Gasteiger partial charge in [0.1, 0.15) is 7.05 Å². The molecule has 0 aliphatic heterocycles. The van der Waals surface area contributed by atoms with Crippen LogP contribution in [0, 0.1) is 0 Å². The average molecular weight is 166 g/mol. The molecule has 0 N–H and O–H groups in total. The molecule has 0 saturated heterocycles. The quantitative estimate of drug-likeness (QED) is 0.606. The van der Waals surface area contributed by atoms with Gasteiger partial charge in [0.15, 0.2) is 12.4 Å². The van der Waals surface area contributed by atoms with Crippen molar-refractivity contribution in [2.24, 2.45) is 7.05 Å². The number of thioether (sulfide) groups is 1. The Morgan fingerprint density at radius 1 is 1.36 bits per heavy atom. The third kappa shape index (κ3) is 2.76. The summed E-state index contributed by atoms with van der Waals surface area (Å²) in [4.78, 5) is 0. The van der Waals surface area contributed by atoms with Crippen LogP contribution in [0.5, 0.6) is 0 Å². The summed E-state index contributed by atoms with van der Waals surface area (Å²) in [5.74, 6) is 0. The number of rotatable bonds is 2. The lowest BCUT2D eigenvalue weighted by atomic mass is 10.3. The second-order valence-electron chi connectivity index (χ2n) is 2.34. The van der Waals surface area contributed by atoms with Crippen molar-refractivity contribution < 1.29 is 4.57 Å². The normalized spacial score (nSPS) is 10.7. The fourth-order valence-corrected chi connectivity index (χ4v) is 1.06. The summed E-state index contributed by atoms with van der Waals surface area (Å²) in [5.41, 5.74) is 1.25. The molecule has 1 aromatic heterocycles. The zero-order valence-corrected chi connectivity index (χ0v) is 7.64. The van der Waals surface area contributed by atoms with E-state index in [1.807, 2.05) is 24.0 Å². The lowest BCUT2D eigenvalue weighted by molar-refractivity contribution is -0.671. The summed E-state index contributed by atoms with van der Waals surface area (Å²) in [6.07, 6.45) is 8.24. The van der Waals surface area contributed by atoms with E-state index in [1.165, 1.54) is 5.56 Å². The van der Waals surface area contributed by atoms with E-state index in [0.717, 1.165) is 0 Å². The summed E-state index contributed by atoms with van der Waals surface area (Å²) < 4.78 is 2.02. The molecular weight excluding hydrogens is 154 g/mol. The van der Waals surface area contributed by atoms with Crippen molar-refractivity contribution in [2.45, 2.75) is 0 Å². The van der Waals surface area contributed by atoms with Gasteiger partial charge < -0.3 is 0 Å². The Kier molecular flexibility index (Phi) is 3.17. The molecule has 0 aromatic carbocycles. The van der Waals surface area contributed by atoms with Crippen molar-refractivity contribution in [3.05, 3.63) is 35.5 Å². The highest BCUT2D eigenvalue weighted by Gasteiger charge is 1.89. The van der Waals surface area contributed by atoms with Crippen LogP contribution in [0.3, 0.4) is 0 Å². The van der Waals surface area contributed by atoms with Crippen LogP contribution in [0.25, 0.3) is 6.08 Å². The maximum atomic E-state index is 2.10. The first-order valence-electron chi connectivity index (χ1n) is 3.47. The zero-order chi connectivity index (χ0) is 8.10. The Labute approximate surface area is 71.8 Å². The monoisotopic (exact) mass is 166 g/mol. The highest BCUT2D eigenvalue weighted by Crippen LogP contribution is 2.02. The van der Waals surface area contributed by atoms with Gasteiger partial charge in [-0.2, -0.15) is 0 Å². The maximum Gasteiger partial charge on any atom is 0.169 e. The Balaban J connectivity index is 2.73. The van der Waals surface area contributed by atoms with Crippen LogP contribution in [0.15, 0.2) is 29.9 Å². The SMILES string of the molecule is CS/C=C/c1cc[n+](C)cc1. The summed E-state index contributed by atoms with van der Waals surface area (Å²) in [5, 5.41) is 2.08. The predicted molar refractivity (Wildman–Crippen MR) is 50.2 cm³/mol. The highest BCUT2D eigenvalue weighted by atomic mass is 32.2. The molecule has 0 radical (unpaired) electrons. The molecule has 58 valence electrons. The second kappa shape index (κ2) is 4.19. The van der Waals surface area contributed by atoms with Crippen LogP contribution in [0.2, 0.25) is 0 Å². The van der Waals surface area contributed by atoms with E-state index in [0.29, 0.717) is 0 Å². The van der Waals surface area contributed by atoms with Crippen LogP contribution >= 0.6 is 11.8 Å². The lowest BCUT2D eigenvalue weighted by Gasteiger charge is -1.88. The van der Waals surface area contributed by atoms with Crippen molar-refractivity contribution in [3.8, 4) is 0 Å². The minimum Gasteiger partial charge on any atom is -0.208 e. The number of hydrogen-bond donors (Lipinski definition) is 0. The van der Waals surface area contributed by atoms with Gasteiger partial charge in [0.2, 0.25) is 0 Å². The van der Waals surface area contributed by atoms with Crippen molar-refractivity contribution in [2.75, 3.05) is 6.26 Å². The lowest BCUT2D eigenvalue weighted by Crippen LogP contribution is -2.25. The average Bonchev–Trinajstić information content (AvgIpc) is 2.04. The Morgan fingerprint density at radius 3 is 2.55 bits per heavy atom. The first-order valence-corrected chi connectivity index (χ1v) is 4.76. The molecule has 11 heavy (non-hydrogen) atoms. The van der Waals surface area contributed by atoms with Gasteiger partial charge >= 0.3 is 0 Å². The van der Waals surface area contributed by atoms with Crippen LogP contribution in [-0.4, -0.2) is 6.26 Å². The molecule has 0 aliphatic rings. The van der Waals surface area contributed by atoms with E-state index >= 15 is 0 Å². The molecule has 1 aromatic rings. The molecule has 1 rings (SSSR count). The van der Waals surface area contributed by atoms with E-state index in [1.54, 1.807) is 11.8 Å². The molecule has 0 saturated carbocycles. The summed E-state index contributed by atoms with van der Waals surface area (Å²) in [6.45, 7) is 0. The largest absolute Gasteiger partial charge is 0.208 e. The molecule has 0 unspecified atom stereocenters. The zero-order valence-electron chi connectivity index (χ0n) is 6.82. The van der Waals surface area contributed by atoms with Gasteiger partial charge in [-0.3, -0.25) is 0 Å². The molecule has 0 spiro atoms. The molecule has 0 aliphatic carbocycles. The summed E-state index contributed by atoms with van der Waals surface area (Å²) in [7, 11) is 2.02. The number of hydrogen-bond acceptors (Lipinski definition) is 1. The van der Waals surface area contributed by atoms with E-state index in [2.05, 4.69) is 29.9 Å². The van der Waals surface area contributed by atoms with E-state index in [-0.39, 0.29) is 0 Å².